The Balaban J connectivity index is 2.25. The summed E-state index contributed by atoms with van der Waals surface area (Å²) in [4.78, 5) is 17.7. The Hall–Kier alpha value is -1.58. The van der Waals surface area contributed by atoms with Gasteiger partial charge in [0, 0.05) is 38.2 Å². The molecule has 0 radical (unpaired) electrons. The highest BCUT2D eigenvalue weighted by molar-refractivity contribution is 5.99. The molecule has 0 saturated carbocycles. The minimum Gasteiger partial charge on any atom is -0.387 e. The Labute approximate surface area is 82.9 Å². The summed E-state index contributed by atoms with van der Waals surface area (Å²) in [5, 5.41) is 2.99. The van der Waals surface area contributed by atoms with Gasteiger partial charge < -0.3 is 10.2 Å². The summed E-state index contributed by atoms with van der Waals surface area (Å²) in [5.74, 6) is 0.0775. The normalized spacial score (nSPS) is 14.8. The van der Waals surface area contributed by atoms with Crippen LogP contribution in [-0.4, -0.2) is 35.9 Å². The van der Waals surface area contributed by atoms with Crippen molar-refractivity contribution in [3.05, 3.63) is 24.0 Å². The molecule has 4 heteroatoms. The molecule has 1 aromatic rings. The lowest BCUT2D eigenvalue weighted by molar-refractivity contribution is 0.0652. The van der Waals surface area contributed by atoms with Crippen molar-refractivity contribution in [3.63, 3.8) is 0 Å². The third-order valence-electron chi connectivity index (χ3n) is 2.46. The maximum atomic E-state index is 11.9. The number of carbonyl (C=O) groups excluding carboxylic acids is 1. The number of pyridine rings is 1. The van der Waals surface area contributed by atoms with Gasteiger partial charge in [0.2, 0.25) is 0 Å². The van der Waals surface area contributed by atoms with Crippen molar-refractivity contribution in [2.75, 3.05) is 25.5 Å². The number of hydrogen-bond donors (Lipinski definition) is 1. The molecule has 1 aliphatic rings. The van der Waals surface area contributed by atoms with Crippen LogP contribution in [-0.2, 0) is 0 Å². The van der Waals surface area contributed by atoms with E-state index in [0.717, 1.165) is 25.2 Å². The highest BCUT2D eigenvalue weighted by Gasteiger charge is 2.23. The van der Waals surface area contributed by atoms with E-state index in [4.69, 9.17) is 0 Å². The molecule has 0 aromatic carbocycles. The molecule has 0 atom stereocenters. The van der Waals surface area contributed by atoms with Crippen LogP contribution in [0.25, 0.3) is 0 Å². The second-order valence-corrected chi connectivity index (χ2v) is 3.32. The Morgan fingerprint density at radius 1 is 1.57 bits per heavy atom. The van der Waals surface area contributed by atoms with Crippen LogP contribution < -0.4 is 5.32 Å². The van der Waals surface area contributed by atoms with E-state index in [-0.39, 0.29) is 5.91 Å². The summed E-state index contributed by atoms with van der Waals surface area (Å²) >= 11 is 0. The van der Waals surface area contributed by atoms with Gasteiger partial charge in [0.05, 0.1) is 5.56 Å². The Kier molecular flexibility index (Phi) is 2.35. The molecule has 74 valence electrons. The monoisotopic (exact) mass is 191 g/mol. The first-order chi connectivity index (χ1) is 6.83. The van der Waals surface area contributed by atoms with Crippen molar-refractivity contribution in [1.29, 1.82) is 0 Å². The molecule has 0 spiro atoms. The number of likely N-dealkylation sites (tertiary alicyclic amines) is 1. The average Bonchev–Trinajstić information content (AvgIpc) is 2.15. The number of rotatable bonds is 2. The van der Waals surface area contributed by atoms with E-state index < -0.39 is 0 Å². The smallest absolute Gasteiger partial charge is 0.257 e. The third kappa shape index (κ3) is 1.43. The van der Waals surface area contributed by atoms with Crippen LogP contribution in [0.15, 0.2) is 18.5 Å². The Morgan fingerprint density at radius 3 is 2.93 bits per heavy atom. The van der Waals surface area contributed by atoms with Crippen LogP contribution in [0.5, 0.6) is 0 Å². The molecule has 4 nitrogen and oxygen atoms in total. The van der Waals surface area contributed by atoms with E-state index in [1.165, 1.54) is 0 Å². The van der Waals surface area contributed by atoms with Crippen LogP contribution in [0.3, 0.4) is 0 Å². The van der Waals surface area contributed by atoms with Crippen molar-refractivity contribution >= 4 is 11.6 Å². The minimum atomic E-state index is 0.0775. The van der Waals surface area contributed by atoms with Gasteiger partial charge in [-0.1, -0.05) is 0 Å². The summed E-state index contributed by atoms with van der Waals surface area (Å²) in [7, 11) is 1.81. The van der Waals surface area contributed by atoms with Crippen LogP contribution >= 0.6 is 0 Å². The van der Waals surface area contributed by atoms with Gasteiger partial charge in [0.25, 0.3) is 5.91 Å². The number of aromatic nitrogens is 1. The maximum absolute atomic E-state index is 11.9. The minimum absolute atomic E-state index is 0.0775. The summed E-state index contributed by atoms with van der Waals surface area (Å²) in [6, 6.07) is 1.81. The predicted molar refractivity (Wildman–Crippen MR) is 54.3 cm³/mol. The summed E-state index contributed by atoms with van der Waals surface area (Å²) in [6.45, 7) is 1.74. The summed E-state index contributed by atoms with van der Waals surface area (Å²) in [5.41, 5.74) is 1.51. The van der Waals surface area contributed by atoms with Gasteiger partial charge in [-0.05, 0) is 12.5 Å². The van der Waals surface area contributed by atoms with E-state index in [1.54, 1.807) is 12.4 Å². The molecular weight excluding hydrogens is 178 g/mol. The zero-order valence-corrected chi connectivity index (χ0v) is 8.16. The number of carbonyl (C=O) groups is 1. The van der Waals surface area contributed by atoms with Gasteiger partial charge in [0.15, 0.2) is 0 Å². The number of amides is 1. The second kappa shape index (κ2) is 3.65. The zero-order chi connectivity index (χ0) is 9.97. The standard InChI is InChI=1S/C10H13N3O/c1-11-9-3-4-12-7-8(9)10(14)13-5-2-6-13/h3-4,7H,2,5-6H2,1H3,(H,11,12). The fourth-order valence-electron chi connectivity index (χ4n) is 1.47. The lowest BCUT2D eigenvalue weighted by Crippen LogP contribution is -2.42. The molecule has 2 heterocycles. The van der Waals surface area contributed by atoms with Crippen molar-refractivity contribution < 1.29 is 4.79 Å². The highest BCUT2D eigenvalue weighted by atomic mass is 16.2. The first-order valence-corrected chi connectivity index (χ1v) is 4.74. The molecule has 14 heavy (non-hydrogen) atoms. The number of hydrogen-bond acceptors (Lipinski definition) is 3. The van der Waals surface area contributed by atoms with Crippen LogP contribution in [0.2, 0.25) is 0 Å². The predicted octanol–water partition coefficient (Wildman–Crippen LogP) is 0.969. The molecule has 0 bridgehead atoms. The van der Waals surface area contributed by atoms with Gasteiger partial charge in [-0.25, -0.2) is 0 Å². The second-order valence-electron chi connectivity index (χ2n) is 3.32. The van der Waals surface area contributed by atoms with Crippen molar-refractivity contribution in [3.8, 4) is 0 Å². The molecule has 1 aliphatic heterocycles. The number of nitrogens with zero attached hydrogens (tertiary/aromatic N) is 2. The number of anilines is 1. The van der Waals surface area contributed by atoms with E-state index in [1.807, 2.05) is 18.0 Å². The molecule has 0 unspecified atom stereocenters. The molecule has 1 aromatic heterocycles. The van der Waals surface area contributed by atoms with E-state index in [0.29, 0.717) is 5.56 Å². The fraction of sp³-hybridized carbons (Fsp3) is 0.400. The zero-order valence-electron chi connectivity index (χ0n) is 8.16. The molecule has 1 fully saturated rings. The summed E-state index contributed by atoms with van der Waals surface area (Å²) < 4.78 is 0. The molecule has 1 N–H and O–H groups in total. The first-order valence-electron chi connectivity index (χ1n) is 4.74. The van der Waals surface area contributed by atoms with E-state index in [9.17, 15) is 4.79 Å². The van der Waals surface area contributed by atoms with Gasteiger partial charge >= 0.3 is 0 Å². The van der Waals surface area contributed by atoms with Crippen molar-refractivity contribution in [2.45, 2.75) is 6.42 Å². The first kappa shape index (κ1) is 8.99. The highest BCUT2D eigenvalue weighted by Crippen LogP contribution is 2.18. The largest absolute Gasteiger partial charge is 0.387 e. The number of nitrogens with one attached hydrogen (secondary N) is 1. The molecule has 1 saturated heterocycles. The summed E-state index contributed by atoms with van der Waals surface area (Å²) in [6.07, 6.45) is 4.41. The topological polar surface area (TPSA) is 45.2 Å². The Bertz CT molecular complexity index is 347. The lowest BCUT2D eigenvalue weighted by Gasteiger charge is -2.31. The molecule has 2 rings (SSSR count). The average molecular weight is 191 g/mol. The van der Waals surface area contributed by atoms with Gasteiger partial charge in [-0.2, -0.15) is 0 Å². The quantitative estimate of drug-likeness (QED) is 0.757. The SMILES string of the molecule is CNc1ccncc1C(=O)N1CCC1. The van der Waals surface area contributed by atoms with Crippen molar-refractivity contribution in [2.24, 2.45) is 0 Å². The molecule has 1 amide bonds. The fourth-order valence-corrected chi connectivity index (χ4v) is 1.47. The molecule has 0 aliphatic carbocycles. The third-order valence-corrected chi connectivity index (χ3v) is 2.46. The van der Waals surface area contributed by atoms with Crippen molar-refractivity contribution in [1.82, 2.24) is 9.88 Å². The Morgan fingerprint density at radius 2 is 2.36 bits per heavy atom. The van der Waals surface area contributed by atoms with Crippen LogP contribution in [0.1, 0.15) is 16.8 Å². The maximum Gasteiger partial charge on any atom is 0.257 e. The van der Waals surface area contributed by atoms with E-state index >= 15 is 0 Å². The van der Waals surface area contributed by atoms with Gasteiger partial charge in [-0.3, -0.25) is 9.78 Å². The van der Waals surface area contributed by atoms with Crippen LogP contribution in [0, 0.1) is 0 Å². The van der Waals surface area contributed by atoms with Crippen LogP contribution in [0.4, 0.5) is 5.69 Å². The lowest BCUT2D eigenvalue weighted by atomic mass is 10.1. The van der Waals surface area contributed by atoms with E-state index in [2.05, 4.69) is 10.3 Å². The van der Waals surface area contributed by atoms with Gasteiger partial charge in [-0.15, -0.1) is 0 Å². The van der Waals surface area contributed by atoms with Gasteiger partial charge in [0.1, 0.15) is 0 Å². The molecular formula is C10H13N3O.